The number of nitrogens with zero attached hydrogens (tertiary/aromatic N) is 3. The molecule has 4 aliphatic carbocycles. The number of hydrogen-bond donors (Lipinski definition) is 0. The van der Waals surface area contributed by atoms with Crippen LogP contribution in [0.25, 0.3) is 83.4 Å². The van der Waals surface area contributed by atoms with Crippen LogP contribution in [0, 0.1) is 0 Å². The van der Waals surface area contributed by atoms with Gasteiger partial charge in [0.25, 0.3) is 0 Å². The molecule has 12 aromatic rings. The van der Waals surface area contributed by atoms with Crippen molar-refractivity contribution in [2.24, 2.45) is 0 Å². The largest absolute Gasteiger partial charge is 0.457 e. The lowest BCUT2D eigenvalue weighted by Gasteiger charge is -2.40. The summed E-state index contributed by atoms with van der Waals surface area (Å²) in [6.45, 7) is 4.78. The van der Waals surface area contributed by atoms with Crippen molar-refractivity contribution in [2.75, 3.05) is 0 Å². The van der Waals surface area contributed by atoms with Crippen LogP contribution in [0.2, 0.25) is 0 Å². The molecular formula is C69H43N3O. The fourth-order valence-corrected chi connectivity index (χ4v) is 14.6. The van der Waals surface area contributed by atoms with Crippen molar-refractivity contribution < 1.29 is 4.74 Å². The Balaban J connectivity index is 0.881. The van der Waals surface area contributed by atoms with Crippen LogP contribution in [-0.2, 0) is 16.2 Å². The van der Waals surface area contributed by atoms with Crippen LogP contribution in [0.15, 0.2) is 225 Å². The van der Waals surface area contributed by atoms with Gasteiger partial charge in [0.2, 0.25) is 0 Å². The van der Waals surface area contributed by atoms with Gasteiger partial charge < -0.3 is 9.30 Å². The first-order chi connectivity index (χ1) is 36.0. The maximum atomic E-state index is 7.25. The zero-order chi connectivity index (χ0) is 48.0. The van der Waals surface area contributed by atoms with Crippen molar-refractivity contribution >= 4 is 21.8 Å². The van der Waals surface area contributed by atoms with Crippen molar-refractivity contribution in [3.63, 3.8) is 0 Å². The van der Waals surface area contributed by atoms with Crippen molar-refractivity contribution in [3.8, 4) is 73.1 Å². The molecule has 0 bridgehead atoms. The summed E-state index contributed by atoms with van der Waals surface area (Å²) in [6, 6.07) is 78.9. The molecule has 4 nitrogen and oxygen atoms in total. The number of para-hydroxylation sites is 3. The smallest absolute Gasteiger partial charge is 0.132 e. The minimum absolute atomic E-state index is 0.247. The summed E-state index contributed by atoms with van der Waals surface area (Å²) in [7, 11) is 0. The molecular weight excluding hydrogens is 887 g/mol. The van der Waals surface area contributed by atoms with E-state index in [4.69, 9.17) is 14.7 Å². The van der Waals surface area contributed by atoms with Crippen LogP contribution in [0.5, 0.6) is 11.5 Å². The first-order valence-electron chi connectivity index (χ1n) is 25.5. The zero-order valence-corrected chi connectivity index (χ0v) is 40.1. The molecule has 5 aliphatic rings. The fourth-order valence-electron chi connectivity index (χ4n) is 14.6. The highest BCUT2D eigenvalue weighted by Gasteiger charge is 2.56. The highest BCUT2D eigenvalue weighted by atomic mass is 16.5. The summed E-state index contributed by atoms with van der Waals surface area (Å²) in [5.74, 6) is 1.70. The van der Waals surface area contributed by atoms with E-state index in [0.29, 0.717) is 0 Å². The lowest BCUT2D eigenvalue weighted by Crippen LogP contribution is -2.33. The van der Waals surface area contributed by atoms with E-state index in [-0.39, 0.29) is 5.41 Å². The van der Waals surface area contributed by atoms with Gasteiger partial charge in [0, 0.05) is 56.5 Å². The third-order valence-electron chi connectivity index (χ3n) is 17.6. The Labute approximate surface area is 422 Å². The van der Waals surface area contributed by atoms with Crippen LogP contribution < -0.4 is 4.74 Å². The maximum Gasteiger partial charge on any atom is 0.132 e. The van der Waals surface area contributed by atoms with Gasteiger partial charge in [0.1, 0.15) is 11.5 Å². The van der Waals surface area contributed by atoms with E-state index in [2.05, 4.69) is 237 Å². The van der Waals surface area contributed by atoms with Gasteiger partial charge in [0.05, 0.1) is 33.3 Å². The standard InChI is InChI=1S/C69H43N3O/c1-67(2)56-33-40(30-31-46(56)49-37-62-50(36-57(49)67)47-22-9-14-28-61(47)72(62)42-17-4-3-5-18-42)41-34-60-66(71-39-41)65-55(27-16-32-70-65)69(60)54-26-13-15-29-63(54)73-64-38-58-48(35-59(64)69)45-21-8-12-25-53(45)68(58)51-23-10-6-19-43(51)44-20-7-11-24-52(44)68/h3-39H,1-2H3. The van der Waals surface area contributed by atoms with Crippen molar-refractivity contribution in [1.82, 2.24) is 14.5 Å². The van der Waals surface area contributed by atoms with Crippen molar-refractivity contribution in [2.45, 2.75) is 30.1 Å². The highest BCUT2D eigenvalue weighted by molar-refractivity contribution is 6.11. The Kier molecular flexibility index (Phi) is 7.39. The quantitative estimate of drug-likeness (QED) is 0.173. The maximum absolute atomic E-state index is 7.25. The molecule has 1 unspecified atom stereocenters. The van der Waals surface area contributed by atoms with Gasteiger partial charge in [-0.05, 0) is 145 Å². The normalized spacial score (nSPS) is 16.7. The molecule has 0 fully saturated rings. The lowest BCUT2D eigenvalue weighted by molar-refractivity contribution is 0.435. The third-order valence-corrected chi connectivity index (χ3v) is 17.6. The molecule has 0 saturated heterocycles. The number of ether oxygens (including phenoxy) is 1. The van der Waals surface area contributed by atoms with E-state index in [0.717, 1.165) is 56.3 Å². The van der Waals surface area contributed by atoms with Gasteiger partial charge in [-0.3, -0.25) is 9.97 Å². The van der Waals surface area contributed by atoms with E-state index in [1.54, 1.807) is 0 Å². The molecule has 340 valence electrons. The average Bonchev–Trinajstić information content (AvgIpc) is 4.17. The second-order valence-corrected chi connectivity index (χ2v) is 21.1. The Bertz CT molecular complexity index is 4420. The van der Waals surface area contributed by atoms with Crippen molar-refractivity contribution in [1.29, 1.82) is 0 Å². The van der Waals surface area contributed by atoms with Gasteiger partial charge in [-0.15, -0.1) is 0 Å². The summed E-state index contributed by atoms with van der Waals surface area (Å²) >= 11 is 0. The fraction of sp³-hybridized carbons (Fsp3) is 0.0725. The number of aromatic nitrogens is 3. The molecule has 0 amide bonds. The molecule has 0 radical (unpaired) electrons. The SMILES string of the molecule is CC1(C)c2cc(-c3cnc4c(c3)C3(c5ccccc5Oc5cc6c(cc53)-c3ccccc3C63c5ccccc5-c5ccccc53)c3cccnc3-4)ccc2-c2cc3c(cc21)c1ccccc1n3-c1ccccc1. The number of benzene rings is 9. The minimum Gasteiger partial charge on any atom is -0.457 e. The summed E-state index contributed by atoms with van der Waals surface area (Å²) < 4.78 is 9.68. The number of rotatable bonds is 2. The molecule has 17 rings (SSSR count). The molecule has 4 heteroatoms. The molecule has 4 heterocycles. The van der Waals surface area contributed by atoms with Crippen LogP contribution in [-0.4, -0.2) is 14.5 Å². The van der Waals surface area contributed by atoms with Gasteiger partial charge >= 0.3 is 0 Å². The predicted octanol–water partition coefficient (Wildman–Crippen LogP) is 16.4. The second kappa shape index (κ2) is 13.6. The summed E-state index contributed by atoms with van der Waals surface area (Å²) in [6.07, 6.45) is 3.98. The van der Waals surface area contributed by atoms with E-state index >= 15 is 0 Å². The van der Waals surface area contributed by atoms with Crippen LogP contribution in [0.1, 0.15) is 69.5 Å². The first-order valence-corrected chi connectivity index (χ1v) is 25.5. The highest BCUT2D eigenvalue weighted by Crippen LogP contribution is 2.67. The molecule has 73 heavy (non-hydrogen) atoms. The Morgan fingerprint density at radius 2 is 0.945 bits per heavy atom. The third kappa shape index (κ3) is 4.69. The average molecular weight is 930 g/mol. The van der Waals surface area contributed by atoms with Crippen LogP contribution >= 0.6 is 0 Å². The monoisotopic (exact) mass is 929 g/mol. The van der Waals surface area contributed by atoms with Gasteiger partial charge in [-0.1, -0.05) is 159 Å². The van der Waals surface area contributed by atoms with Crippen LogP contribution in [0.3, 0.4) is 0 Å². The van der Waals surface area contributed by atoms with E-state index in [9.17, 15) is 0 Å². The van der Waals surface area contributed by atoms with Gasteiger partial charge in [0.15, 0.2) is 0 Å². The first kappa shape index (κ1) is 39.6. The Morgan fingerprint density at radius 1 is 0.356 bits per heavy atom. The lowest BCUT2D eigenvalue weighted by atomic mass is 9.65. The topological polar surface area (TPSA) is 39.9 Å². The van der Waals surface area contributed by atoms with Gasteiger partial charge in [-0.25, -0.2) is 0 Å². The molecule has 2 spiro atoms. The van der Waals surface area contributed by atoms with Gasteiger partial charge in [-0.2, -0.15) is 0 Å². The zero-order valence-electron chi connectivity index (χ0n) is 40.1. The van der Waals surface area contributed by atoms with Crippen molar-refractivity contribution in [3.05, 3.63) is 280 Å². The summed E-state index contributed by atoms with van der Waals surface area (Å²) in [4.78, 5) is 10.6. The Morgan fingerprint density at radius 3 is 1.73 bits per heavy atom. The molecule has 3 aromatic heterocycles. The minimum atomic E-state index is -0.773. The van der Waals surface area contributed by atoms with E-state index < -0.39 is 10.8 Å². The Hall–Kier alpha value is -9.12. The van der Waals surface area contributed by atoms with E-state index in [1.807, 2.05) is 6.20 Å². The second-order valence-electron chi connectivity index (χ2n) is 21.1. The number of hydrogen-bond acceptors (Lipinski definition) is 3. The van der Waals surface area contributed by atoms with E-state index in [1.165, 1.54) is 94.3 Å². The molecule has 0 saturated carbocycles. The summed E-state index contributed by atoms with van der Waals surface area (Å²) in [5, 5.41) is 2.55. The molecule has 0 N–H and O–H groups in total. The predicted molar refractivity (Wildman–Crippen MR) is 293 cm³/mol. The molecule has 1 aliphatic heterocycles. The molecule has 9 aromatic carbocycles. The molecule has 1 atom stereocenters. The number of pyridine rings is 2. The number of fused-ring (bicyclic) bond motifs is 25. The van der Waals surface area contributed by atoms with Crippen LogP contribution in [0.4, 0.5) is 0 Å². The summed E-state index contributed by atoms with van der Waals surface area (Å²) in [5.41, 5.74) is 26.0.